The summed E-state index contributed by atoms with van der Waals surface area (Å²) in [6, 6.07) is 48.6. The van der Waals surface area contributed by atoms with Crippen molar-refractivity contribution in [2.24, 2.45) is 0 Å². The molecule has 0 amide bonds. The lowest BCUT2D eigenvalue weighted by molar-refractivity contribution is -0.274. The molecule has 1 atom stereocenters. The standard InChI is InChI=1S/C68H50F4O22S5/c1-40-4-5-45(36-60(40)95(75,76)77)64(73)46-14-34-58(62(37-46)97(81,82)83)92-54-29-19-50(20-30-54)66(2,49-17-6-41(7-18-49)44-12-27-56(28-13-44)94-67(69,70)68(71,72)99(87,88)89)51-21-31-55(32-22-51)93-59-35-16-48(39-63(59)98(84,85)86)65(74)47-15-33-57(61(38-47)96(78,79)80)91-53-25-10-43(11-26-53)42-8-23-52(90-3)24-9-42/h4-39H,1-3H3,(H,75,76,77)(H,78,79,80)(H,81,82,83)(H,84,85,86)(H,87,88,89). The molecule has 0 radical (unpaired) electrons. The second kappa shape index (κ2) is 26.9. The van der Waals surface area contributed by atoms with Crippen molar-refractivity contribution in [3.8, 4) is 68.2 Å². The third-order valence-electron chi connectivity index (χ3n) is 15.6. The first-order chi connectivity index (χ1) is 46.2. The second-order valence-corrected chi connectivity index (χ2v) is 29.0. The Balaban J connectivity index is 0.940. The summed E-state index contributed by atoms with van der Waals surface area (Å²) < 4.78 is 256. The van der Waals surface area contributed by atoms with Crippen LogP contribution in [0.2, 0.25) is 0 Å². The lowest BCUT2D eigenvalue weighted by atomic mass is 9.71. The zero-order valence-corrected chi connectivity index (χ0v) is 55.1. The van der Waals surface area contributed by atoms with E-state index in [1.807, 2.05) is 12.1 Å². The van der Waals surface area contributed by atoms with Gasteiger partial charge >= 0.3 is 21.5 Å². The summed E-state index contributed by atoms with van der Waals surface area (Å²) in [5, 5.41) is -6.02. The van der Waals surface area contributed by atoms with Crippen LogP contribution in [0.1, 0.15) is 61.0 Å². The van der Waals surface area contributed by atoms with Gasteiger partial charge in [0, 0.05) is 27.7 Å². The third-order valence-corrected chi connectivity index (χ3v) is 20.1. The monoisotopic (exact) mass is 1450 g/mol. The first-order valence-electron chi connectivity index (χ1n) is 28.4. The topological polar surface area (TPSA) is 352 Å². The molecule has 10 aromatic carbocycles. The zero-order chi connectivity index (χ0) is 72.0. The highest BCUT2D eigenvalue weighted by molar-refractivity contribution is 7.87. The average Bonchev–Trinajstić information content (AvgIpc) is 0.766. The van der Waals surface area contributed by atoms with Crippen molar-refractivity contribution < 1.29 is 116 Å². The normalized spacial score (nSPS) is 13.0. The highest BCUT2D eigenvalue weighted by Crippen LogP contribution is 2.44. The number of benzene rings is 10. The number of aryl methyl sites for hydroxylation is 1. The van der Waals surface area contributed by atoms with Crippen molar-refractivity contribution in [2.45, 2.75) is 50.2 Å². The Morgan fingerprint density at radius 1 is 0.354 bits per heavy atom. The molecule has 512 valence electrons. The number of rotatable bonds is 24. The number of hydrogen-bond acceptors (Lipinski definition) is 17. The molecule has 0 aliphatic heterocycles. The molecule has 0 fully saturated rings. The van der Waals surface area contributed by atoms with Gasteiger partial charge in [-0.2, -0.15) is 59.7 Å². The fourth-order valence-corrected chi connectivity index (χ4v) is 13.3. The number of hydrogen-bond donors (Lipinski definition) is 5. The van der Waals surface area contributed by atoms with E-state index in [1.165, 1.54) is 68.6 Å². The minimum absolute atomic E-state index is 0.0234. The van der Waals surface area contributed by atoms with E-state index in [9.17, 15) is 87.5 Å². The Hall–Kier alpha value is -10.2. The number of methoxy groups -OCH3 is 1. The van der Waals surface area contributed by atoms with Gasteiger partial charge in [0.05, 0.1) is 12.0 Å². The molecule has 1 unspecified atom stereocenters. The van der Waals surface area contributed by atoms with Crippen LogP contribution in [0.4, 0.5) is 17.6 Å². The highest BCUT2D eigenvalue weighted by atomic mass is 32.2. The maximum Gasteiger partial charge on any atom is 0.483 e. The van der Waals surface area contributed by atoms with Crippen LogP contribution < -0.4 is 23.7 Å². The van der Waals surface area contributed by atoms with Gasteiger partial charge in [-0.05, 0) is 180 Å². The molecule has 22 nitrogen and oxygen atoms in total. The molecule has 0 heterocycles. The Morgan fingerprint density at radius 2 is 0.616 bits per heavy atom. The van der Waals surface area contributed by atoms with Crippen LogP contribution in [0.25, 0.3) is 22.3 Å². The van der Waals surface area contributed by atoms with Crippen LogP contribution in [0.15, 0.2) is 238 Å². The summed E-state index contributed by atoms with van der Waals surface area (Å²) >= 11 is 0. The van der Waals surface area contributed by atoms with Gasteiger partial charge in [0.25, 0.3) is 40.5 Å². The molecule has 31 heteroatoms. The summed E-state index contributed by atoms with van der Waals surface area (Å²) in [7, 11) is -25.3. The lowest BCUT2D eigenvalue weighted by Crippen LogP contribution is -2.50. The first kappa shape index (κ1) is 71.6. The number of ether oxygens (including phenoxy) is 5. The minimum Gasteiger partial charge on any atom is -0.497 e. The Bertz CT molecular complexity index is 5420. The molecule has 0 saturated heterocycles. The fraction of sp³-hybridized carbons (Fsp3) is 0.0882. The van der Waals surface area contributed by atoms with E-state index < -0.39 is 116 Å². The van der Waals surface area contributed by atoms with Gasteiger partial charge in [0.1, 0.15) is 60.7 Å². The number of alkyl halides is 4. The number of ketones is 2. The maximum atomic E-state index is 14.3. The maximum absolute atomic E-state index is 14.3. The Labute approximate surface area is 563 Å². The number of carbonyl (C=O) groups is 2. The van der Waals surface area contributed by atoms with E-state index in [4.69, 9.17) is 23.5 Å². The van der Waals surface area contributed by atoms with Crippen molar-refractivity contribution in [3.63, 3.8) is 0 Å². The molecule has 99 heavy (non-hydrogen) atoms. The van der Waals surface area contributed by atoms with Gasteiger partial charge in [0.15, 0.2) is 11.6 Å². The summed E-state index contributed by atoms with van der Waals surface area (Å²) in [4.78, 5) is 24.4. The van der Waals surface area contributed by atoms with Gasteiger partial charge in [-0.25, -0.2) is 0 Å². The third kappa shape index (κ3) is 15.4. The van der Waals surface area contributed by atoms with E-state index in [1.54, 1.807) is 91.9 Å². The predicted octanol–water partition coefficient (Wildman–Crippen LogP) is 14.0. The average molecular weight is 1460 g/mol. The smallest absolute Gasteiger partial charge is 0.483 e. The van der Waals surface area contributed by atoms with Gasteiger partial charge < -0.3 is 23.7 Å². The largest absolute Gasteiger partial charge is 0.497 e. The SMILES string of the molecule is COc1ccc(-c2ccc(Oc3ccc(C(=O)c4ccc(Oc5ccc(C(C)(c6ccc(Oc7ccc(C(=O)c8ccc(C)c(S(=O)(=O)O)c8)cc7S(=O)(=O)O)cc6)c6ccc(-c7ccc(OC(F)(F)C(F)(F)S(=O)(=O)O)cc7)cc6)cc5)c(S(=O)(=O)O)c4)cc3S(=O)(=O)O)cc2)cc1. The van der Waals surface area contributed by atoms with E-state index >= 15 is 0 Å². The second-order valence-electron chi connectivity index (χ2n) is 22.0. The number of carbonyl (C=O) groups excluding carboxylic acids is 2. The van der Waals surface area contributed by atoms with Crippen molar-refractivity contribution in [2.75, 3.05) is 7.11 Å². The van der Waals surface area contributed by atoms with Crippen molar-refractivity contribution in [1.82, 2.24) is 0 Å². The first-order valence-corrected chi connectivity index (χ1v) is 35.6. The molecule has 0 bridgehead atoms. The zero-order valence-electron chi connectivity index (χ0n) is 51.0. The van der Waals surface area contributed by atoms with E-state index in [2.05, 4.69) is 4.74 Å². The van der Waals surface area contributed by atoms with Gasteiger partial charge in [-0.15, -0.1) is 0 Å². The summed E-state index contributed by atoms with van der Waals surface area (Å²) in [5.41, 5.74) is 1.34. The lowest BCUT2D eigenvalue weighted by Gasteiger charge is -2.32. The summed E-state index contributed by atoms with van der Waals surface area (Å²) in [6.45, 7) is 3.13. The Kier molecular flexibility index (Phi) is 19.5. The molecule has 10 rings (SSSR count). The summed E-state index contributed by atoms with van der Waals surface area (Å²) in [5.74, 6) is -3.33. The molecule has 0 saturated carbocycles. The molecular weight excluding hydrogens is 1410 g/mol. The van der Waals surface area contributed by atoms with E-state index in [0.717, 1.165) is 77.9 Å². The fourth-order valence-electron chi connectivity index (χ4n) is 10.3. The van der Waals surface area contributed by atoms with Crippen LogP contribution >= 0.6 is 0 Å². The quantitative estimate of drug-likeness (QED) is 0.0162. The van der Waals surface area contributed by atoms with Gasteiger partial charge in [-0.3, -0.25) is 32.4 Å². The van der Waals surface area contributed by atoms with E-state index in [-0.39, 0.29) is 50.8 Å². The molecule has 0 aliphatic rings. The molecular formula is C68H50F4O22S5. The molecule has 0 spiro atoms. The predicted molar refractivity (Wildman–Crippen MR) is 348 cm³/mol. The molecule has 0 aromatic heterocycles. The van der Waals surface area contributed by atoms with Crippen LogP contribution in [-0.4, -0.2) is 94.9 Å². The van der Waals surface area contributed by atoms with Crippen LogP contribution in [0, 0.1) is 6.92 Å². The van der Waals surface area contributed by atoms with Crippen molar-refractivity contribution in [3.05, 3.63) is 263 Å². The summed E-state index contributed by atoms with van der Waals surface area (Å²) in [6.07, 6.45) is -5.70. The molecule has 0 aliphatic carbocycles. The van der Waals surface area contributed by atoms with Crippen molar-refractivity contribution >= 4 is 62.2 Å². The van der Waals surface area contributed by atoms with Crippen LogP contribution in [-0.2, 0) is 56.0 Å². The van der Waals surface area contributed by atoms with Gasteiger partial charge in [-0.1, -0.05) is 97.1 Å². The Morgan fingerprint density at radius 3 is 0.919 bits per heavy atom. The molecule has 5 N–H and O–H groups in total. The van der Waals surface area contributed by atoms with Crippen molar-refractivity contribution in [1.29, 1.82) is 0 Å². The number of halogens is 4. The highest BCUT2D eigenvalue weighted by Gasteiger charge is 2.69. The van der Waals surface area contributed by atoms with Gasteiger partial charge in [0.2, 0.25) is 0 Å². The minimum atomic E-state index is -6.61. The van der Waals surface area contributed by atoms with E-state index in [0.29, 0.717) is 33.6 Å². The van der Waals surface area contributed by atoms with Crippen LogP contribution in [0.5, 0.6) is 46.0 Å². The molecule has 10 aromatic rings. The van der Waals surface area contributed by atoms with Crippen LogP contribution in [0.3, 0.4) is 0 Å².